The molecule has 0 heterocycles. The highest BCUT2D eigenvalue weighted by Crippen LogP contribution is 2.43. The Bertz CT molecular complexity index is 1710. The second-order valence-electron chi connectivity index (χ2n) is 27.0. The Labute approximate surface area is 547 Å². The summed E-state index contributed by atoms with van der Waals surface area (Å²) in [5.74, 6) is -0.172. The molecular formula is C79H148N2O6P+. The zero-order valence-electron chi connectivity index (χ0n) is 59.0. The Kier molecular flexibility index (Phi) is 67.2. The molecule has 0 rings (SSSR count). The highest BCUT2D eigenvalue weighted by atomic mass is 31.2. The van der Waals surface area contributed by atoms with Crippen molar-refractivity contribution in [1.82, 2.24) is 5.32 Å². The minimum atomic E-state index is -4.36. The molecule has 3 unspecified atom stereocenters. The average molecular weight is 1250 g/mol. The number of aliphatic hydroxyl groups excluding tert-OH is 1. The van der Waals surface area contributed by atoms with Gasteiger partial charge in [0.25, 0.3) is 0 Å². The van der Waals surface area contributed by atoms with Gasteiger partial charge in [-0.3, -0.25) is 13.8 Å². The Balaban J connectivity index is 4.01. The Hall–Kier alpha value is -2.32. The monoisotopic (exact) mass is 1250 g/mol. The maximum absolute atomic E-state index is 13.1. The summed E-state index contributed by atoms with van der Waals surface area (Å²) in [5, 5.41) is 14.0. The van der Waals surface area contributed by atoms with Crippen molar-refractivity contribution in [1.29, 1.82) is 0 Å². The van der Waals surface area contributed by atoms with Gasteiger partial charge in [0.05, 0.1) is 39.9 Å². The lowest BCUT2D eigenvalue weighted by Gasteiger charge is -2.25. The molecule has 0 radical (unpaired) electrons. The Morgan fingerprint density at radius 1 is 0.398 bits per heavy atom. The van der Waals surface area contributed by atoms with Crippen LogP contribution >= 0.6 is 7.82 Å². The third-order valence-electron chi connectivity index (χ3n) is 17.1. The van der Waals surface area contributed by atoms with Crippen molar-refractivity contribution in [3.63, 3.8) is 0 Å². The molecule has 0 aliphatic rings. The SMILES string of the molecule is CC/C=C\C/C=C\C/C=C\C/C=C\C/C=C\C/C=C\CCCCCCCCCCCCCCCCCCCCC(=O)NC(COP(=O)(O)OCC[N+](C)(C)C)C(O)/C=C/CCCCCCCCCCCCCCCCCCCCCCCCCCCCC. The van der Waals surface area contributed by atoms with Gasteiger partial charge < -0.3 is 19.8 Å². The first kappa shape index (κ1) is 85.7. The Morgan fingerprint density at radius 2 is 0.682 bits per heavy atom. The predicted octanol–water partition coefficient (Wildman–Crippen LogP) is 24.7. The zero-order valence-corrected chi connectivity index (χ0v) is 59.9. The molecule has 3 N–H and O–H groups in total. The quantitative estimate of drug-likeness (QED) is 0.0243. The van der Waals surface area contributed by atoms with E-state index in [2.05, 4.69) is 92.1 Å². The summed E-state index contributed by atoms with van der Waals surface area (Å²) in [5.41, 5.74) is 0. The van der Waals surface area contributed by atoms with Crippen molar-refractivity contribution in [2.24, 2.45) is 0 Å². The summed E-state index contributed by atoms with van der Waals surface area (Å²) in [4.78, 5) is 23.5. The first-order chi connectivity index (χ1) is 43.0. The number of allylic oxidation sites excluding steroid dienone is 13. The smallest absolute Gasteiger partial charge is 0.387 e. The summed E-state index contributed by atoms with van der Waals surface area (Å²) in [6, 6.07) is -0.851. The lowest BCUT2D eigenvalue weighted by molar-refractivity contribution is -0.870. The van der Waals surface area contributed by atoms with Crippen LogP contribution in [0.25, 0.3) is 0 Å². The topological polar surface area (TPSA) is 105 Å². The molecule has 0 spiro atoms. The zero-order chi connectivity index (χ0) is 64.1. The lowest BCUT2D eigenvalue weighted by Crippen LogP contribution is -2.45. The van der Waals surface area contributed by atoms with Crippen LogP contribution in [0.4, 0.5) is 0 Å². The van der Waals surface area contributed by atoms with E-state index < -0.39 is 20.0 Å². The molecule has 3 atom stereocenters. The summed E-state index contributed by atoms with van der Waals surface area (Å²) in [7, 11) is 1.58. The number of likely N-dealkylation sites (N-methyl/N-ethyl adjacent to an activating group) is 1. The van der Waals surface area contributed by atoms with Crippen molar-refractivity contribution >= 4 is 13.7 Å². The van der Waals surface area contributed by atoms with Gasteiger partial charge in [-0.25, -0.2) is 4.57 Å². The maximum Gasteiger partial charge on any atom is 0.472 e. The normalized spacial score (nSPS) is 14.0. The molecule has 0 fully saturated rings. The minimum absolute atomic E-state index is 0.0610. The largest absolute Gasteiger partial charge is 0.472 e. The second-order valence-corrected chi connectivity index (χ2v) is 28.5. The number of aliphatic hydroxyl groups is 1. The summed E-state index contributed by atoms with van der Waals surface area (Å²) < 4.78 is 23.9. The van der Waals surface area contributed by atoms with Gasteiger partial charge in [0.15, 0.2) is 0 Å². The van der Waals surface area contributed by atoms with E-state index in [4.69, 9.17) is 9.05 Å². The summed E-state index contributed by atoms with van der Waals surface area (Å²) in [6.07, 6.45) is 98.9. The van der Waals surface area contributed by atoms with Crippen molar-refractivity contribution < 1.29 is 32.9 Å². The highest BCUT2D eigenvalue weighted by molar-refractivity contribution is 7.47. The molecule has 0 aromatic carbocycles. The Morgan fingerprint density at radius 3 is 1.00 bits per heavy atom. The predicted molar refractivity (Wildman–Crippen MR) is 387 cm³/mol. The summed E-state index contributed by atoms with van der Waals surface area (Å²) >= 11 is 0. The van der Waals surface area contributed by atoms with Gasteiger partial charge in [0.1, 0.15) is 13.2 Å². The van der Waals surface area contributed by atoms with Crippen LogP contribution in [0.1, 0.15) is 361 Å². The van der Waals surface area contributed by atoms with Crippen LogP contribution in [0.5, 0.6) is 0 Å². The molecule has 9 heteroatoms. The van der Waals surface area contributed by atoms with Crippen molar-refractivity contribution in [2.45, 2.75) is 373 Å². The van der Waals surface area contributed by atoms with Crippen LogP contribution in [-0.4, -0.2) is 73.4 Å². The van der Waals surface area contributed by atoms with Gasteiger partial charge in [0, 0.05) is 6.42 Å². The van der Waals surface area contributed by atoms with Crippen molar-refractivity contribution in [3.05, 3.63) is 85.1 Å². The molecule has 0 aromatic rings. The third-order valence-corrected chi connectivity index (χ3v) is 18.1. The number of nitrogens with one attached hydrogen (secondary N) is 1. The fraction of sp³-hybridized carbons (Fsp3) is 0.810. The minimum Gasteiger partial charge on any atom is -0.387 e. The van der Waals surface area contributed by atoms with E-state index in [1.165, 1.54) is 263 Å². The van der Waals surface area contributed by atoms with E-state index >= 15 is 0 Å². The fourth-order valence-electron chi connectivity index (χ4n) is 11.3. The number of carbonyl (C=O) groups is 1. The van der Waals surface area contributed by atoms with Gasteiger partial charge in [-0.15, -0.1) is 0 Å². The number of quaternary nitrogens is 1. The van der Waals surface area contributed by atoms with Crippen LogP contribution in [0.15, 0.2) is 85.1 Å². The van der Waals surface area contributed by atoms with E-state index in [-0.39, 0.29) is 19.1 Å². The molecule has 514 valence electrons. The molecule has 0 saturated carbocycles. The molecular weight excluding hydrogens is 1100 g/mol. The second kappa shape index (κ2) is 69.0. The van der Waals surface area contributed by atoms with E-state index in [1.54, 1.807) is 6.08 Å². The number of unbranched alkanes of at least 4 members (excludes halogenated alkanes) is 45. The molecule has 88 heavy (non-hydrogen) atoms. The van der Waals surface area contributed by atoms with Crippen LogP contribution in [0, 0.1) is 0 Å². The number of nitrogens with zero attached hydrogens (tertiary/aromatic N) is 1. The molecule has 1 amide bonds. The van der Waals surface area contributed by atoms with Crippen LogP contribution in [-0.2, 0) is 18.4 Å². The first-order valence-electron chi connectivity index (χ1n) is 38.0. The molecule has 0 bridgehead atoms. The molecule has 0 aliphatic heterocycles. The number of carbonyl (C=O) groups excluding carboxylic acids is 1. The van der Waals surface area contributed by atoms with E-state index in [1.807, 2.05) is 27.2 Å². The van der Waals surface area contributed by atoms with E-state index in [9.17, 15) is 19.4 Å². The van der Waals surface area contributed by atoms with Crippen LogP contribution < -0.4 is 5.32 Å². The first-order valence-corrected chi connectivity index (χ1v) is 39.5. The van der Waals surface area contributed by atoms with Gasteiger partial charge in [-0.05, 0) is 70.6 Å². The van der Waals surface area contributed by atoms with Gasteiger partial charge in [0.2, 0.25) is 5.91 Å². The van der Waals surface area contributed by atoms with E-state index in [0.29, 0.717) is 17.4 Å². The molecule has 0 saturated heterocycles. The third kappa shape index (κ3) is 71.1. The molecule has 0 aliphatic carbocycles. The average Bonchev–Trinajstić information content (AvgIpc) is 3.70. The number of rotatable bonds is 70. The van der Waals surface area contributed by atoms with Crippen molar-refractivity contribution in [3.8, 4) is 0 Å². The number of hydrogen-bond acceptors (Lipinski definition) is 5. The van der Waals surface area contributed by atoms with Crippen LogP contribution in [0.2, 0.25) is 0 Å². The molecule has 8 nitrogen and oxygen atoms in total. The number of phosphoric acid groups is 1. The van der Waals surface area contributed by atoms with Gasteiger partial charge >= 0.3 is 7.82 Å². The van der Waals surface area contributed by atoms with Crippen LogP contribution in [0.3, 0.4) is 0 Å². The lowest BCUT2D eigenvalue weighted by atomic mass is 10.0. The van der Waals surface area contributed by atoms with Crippen molar-refractivity contribution in [2.75, 3.05) is 40.9 Å². The van der Waals surface area contributed by atoms with Gasteiger partial charge in [-0.2, -0.15) is 0 Å². The van der Waals surface area contributed by atoms with E-state index in [0.717, 1.165) is 77.0 Å². The maximum atomic E-state index is 13.1. The number of phosphoric ester groups is 1. The number of amides is 1. The number of hydrogen-bond donors (Lipinski definition) is 3. The molecule has 0 aromatic heterocycles. The summed E-state index contributed by atoms with van der Waals surface area (Å²) in [6.45, 7) is 4.75. The fourth-order valence-corrected chi connectivity index (χ4v) is 12.0. The van der Waals surface area contributed by atoms with Gasteiger partial charge in [-0.1, -0.05) is 369 Å². The standard InChI is InChI=1S/C79H147N2O6P/c1-6-8-10-12-14-16-18-20-22-24-26-28-30-32-34-36-37-38-39-40-41-42-43-45-47-49-51-53-55-57-59-61-63-65-67-69-71-73-79(83)80-77(76-87-88(84,85)86-75-74-81(3,4)5)78(82)72-70-68-66-64-62-60-58-56-54-52-50-48-46-44-35-33-31-29-27-25-23-21-19-17-15-13-11-9-7-2/h8,10,14,16,20,22,26,28,32,34,37-38,70,72,77-78,82H,6-7,9,11-13,15,17-19,21,23-25,27,29-31,33,35-36,39-69,71,73-76H2,1-5H3,(H-,80,83,84,85)/p+1/b10-8-,16-14-,22-20-,28-26-,34-32-,38-37-,72-70+. The highest BCUT2D eigenvalue weighted by Gasteiger charge is 2.28.